The quantitative estimate of drug-likeness (QED) is 0.799. The van der Waals surface area contributed by atoms with Crippen molar-refractivity contribution in [2.24, 2.45) is 0 Å². The maximum Gasteiger partial charge on any atom is 0.335 e. The van der Waals surface area contributed by atoms with Gasteiger partial charge in [-0.1, -0.05) is 55.1 Å². The van der Waals surface area contributed by atoms with Crippen molar-refractivity contribution in [3.8, 4) is 0 Å². The molecular formula is C20H21NO4S. The summed E-state index contributed by atoms with van der Waals surface area (Å²) in [6, 6.07) is 14.1. The van der Waals surface area contributed by atoms with Crippen LogP contribution in [0.2, 0.25) is 0 Å². The number of carbonyl (C=O) groups excluding carboxylic acids is 2. The fourth-order valence-corrected chi connectivity index (χ4v) is 3.47. The average Bonchev–Trinajstić information content (AvgIpc) is 2.61. The number of nitrogens with one attached hydrogen (secondary N) is 1. The van der Waals surface area contributed by atoms with Crippen LogP contribution in [0.5, 0.6) is 0 Å². The molecule has 0 heterocycles. The number of carboxylic acid groups (broad SMARTS) is 1. The summed E-state index contributed by atoms with van der Waals surface area (Å²) in [7, 11) is 0. The van der Waals surface area contributed by atoms with E-state index in [0.717, 1.165) is 22.9 Å². The van der Waals surface area contributed by atoms with Crippen LogP contribution in [0.3, 0.4) is 0 Å². The van der Waals surface area contributed by atoms with Gasteiger partial charge in [-0.3, -0.25) is 9.59 Å². The number of aromatic carboxylic acids is 1. The molecule has 0 aliphatic carbocycles. The topological polar surface area (TPSA) is 83.5 Å². The largest absolute Gasteiger partial charge is 0.478 e. The maximum absolute atomic E-state index is 12.9. The molecule has 2 N–H and O–H groups in total. The molecule has 1 amide bonds. The highest BCUT2D eigenvalue weighted by Gasteiger charge is 2.29. The minimum Gasteiger partial charge on any atom is -0.478 e. The molecule has 0 aliphatic rings. The molecule has 0 radical (unpaired) electrons. The molecule has 136 valence electrons. The van der Waals surface area contributed by atoms with E-state index in [1.54, 1.807) is 13.0 Å². The summed E-state index contributed by atoms with van der Waals surface area (Å²) < 4.78 is 0. The predicted molar refractivity (Wildman–Crippen MR) is 104 cm³/mol. The van der Waals surface area contributed by atoms with Crippen LogP contribution >= 0.6 is 11.8 Å². The summed E-state index contributed by atoms with van der Waals surface area (Å²) in [5.74, 6) is -1.58. The Balaban J connectivity index is 2.29. The minimum atomic E-state index is -1.06. The molecule has 0 saturated carbocycles. The van der Waals surface area contributed by atoms with E-state index in [4.69, 9.17) is 5.11 Å². The zero-order valence-corrected chi connectivity index (χ0v) is 15.7. The monoisotopic (exact) mass is 371 g/mol. The fourth-order valence-electron chi connectivity index (χ4n) is 2.59. The number of hydrogen-bond acceptors (Lipinski definition) is 4. The van der Waals surface area contributed by atoms with Crippen LogP contribution in [0, 0.1) is 6.92 Å². The molecule has 0 aromatic heterocycles. The van der Waals surface area contributed by atoms with Crippen molar-refractivity contribution < 1.29 is 19.5 Å². The van der Waals surface area contributed by atoms with Crippen molar-refractivity contribution in [2.45, 2.75) is 31.9 Å². The molecule has 0 spiro atoms. The van der Waals surface area contributed by atoms with Crippen LogP contribution in [0.1, 0.15) is 41.3 Å². The van der Waals surface area contributed by atoms with Crippen molar-refractivity contribution in [2.75, 3.05) is 5.32 Å². The average molecular weight is 371 g/mol. The van der Waals surface area contributed by atoms with Gasteiger partial charge in [0, 0.05) is 18.5 Å². The molecule has 2 rings (SSSR count). The molecule has 5 nitrogen and oxygen atoms in total. The molecule has 0 saturated heterocycles. The van der Waals surface area contributed by atoms with E-state index in [1.807, 2.05) is 37.3 Å². The molecule has 6 heteroatoms. The SMILES string of the molecule is CC(=O)SC(C(=O)Nc1cc(C(=O)O)ccc1C)C(C)c1ccccc1. The first-order chi connectivity index (χ1) is 12.3. The van der Waals surface area contributed by atoms with Crippen LogP contribution in [0.15, 0.2) is 48.5 Å². The lowest BCUT2D eigenvalue weighted by atomic mass is 9.97. The van der Waals surface area contributed by atoms with Crippen LogP contribution in [0.4, 0.5) is 5.69 Å². The second-order valence-electron chi connectivity index (χ2n) is 6.05. The number of aryl methyl sites for hydroxylation is 1. The van der Waals surface area contributed by atoms with E-state index in [-0.39, 0.29) is 22.5 Å². The van der Waals surface area contributed by atoms with E-state index in [1.165, 1.54) is 19.1 Å². The van der Waals surface area contributed by atoms with Crippen molar-refractivity contribution in [1.82, 2.24) is 0 Å². The van der Waals surface area contributed by atoms with Crippen LogP contribution in [-0.2, 0) is 9.59 Å². The lowest BCUT2D eigenvalue weighted by Crippen LogP contribution is -2.31. The van der Waals surface area contributed by atoms with Gasteiger partial charge in [0.15, 0.2) is 5.12 Å². The molecule has 0 aliphatic heterocycles. The number of anilines is 1. The molecule has 2 aromatic rings. The van der Waals surface area contributed by atoms with Gasteiger partial charge >= 0.3 is 5.97 Å². The Labute approximate surface area is 156 Å². The van der Waals surface area contributed by atoms with Crippen molar-refractivity contribution in [3.63, 3.8) is 0 Å². The van der Waals surface area contributed by atoms with Gasteiger partial charge in [-0.15, -0.1) is 0 Å². The highest BCUT2D eigenvalue weighted by atomic mass is 32.2. The number of thioether (sulfide) groups is 1. The summed E-state index contributed by atoms with van der Waals surface area (Å²) in [6.45, 7) is 5.12. The van der Waals surface area contributed by atoms with Gasteiger partial charge in [-0.2, -0.15) is 0 Å². The van der Waals surface area contributed by atoms with Gasteiger partial charge in [-0.25, -0.2) is 4.79 Å². The van der Waals surface area contributed by atoms with Crippen molar-refractivity contribution in [1.29, 1.82) is 0 Å². The van der Waals surface area contributed by atoms with E-state index in [0.29, 0.717) is 5.69 Å². The Kier molecular flexibility index (Phi) is 6.58. The highest BCUT2D eigenvalue weighted by Crippen LogP contribution is 2.30. The van der Waals surface area contributed by atoms with Gasteiger partial charge < -0.3 is 10.4 Å². The Hall–Kier alpha value is -2.60. The van der Waals surface area contributed by atoms with Crippen molar-refractivity contribution in [3.05, 3.63) is 65.2 Å². The summed E-state index contributed by atoms with van der Waals surface area (Å²) in [6.07, 6.45) is 0. The predicted octanol–water partition coefficient (Wildman–Crippen LogP) is 4.08. The first kappa shape index (κ1) is 19.7. The van der Waals surface area contributed by atoms with E-state index >= 15 is 0 Å². The zero-order chi connectivity index (χ0) is 19.3. The molecule has 2 atom stereocenters. The Morgan fingerprint density at radius 1 is 1.08 bits per heavy atom. The van der Waals surface area contributed by atoms with Crippen LogP contribution in [-0.4, -0.2) is 27.3 Å². The Morgan fingerprint density at radius 3 is 2.31 bits per heavy atom. The Morgan fingerprint density at radius 2 is 1.73 bits per heavy atom. The number of carbonyl (C=O) groups is 3. The molecular weight excluding hydrogens is 350 g/mol. The maximum atomic E-state index is 12.9. The number of rotatable bonds is 6. The molecule has 2 unspecified atom stereocenters. The molecule has 2 aromatic carbocycles. The molecule has 26 heavy (non-hydrogen) atoms. The fraction of sp³-hybridized carbons (Fsp3) is 0.250. The second-order valence-corrected chi connectivity index (χ2v) is 7.37. The third kappa shape index (κ3) is 4.95. The zero-order valence-electron chi connectivity index (χ0n) is 14.9. The normalized spacial score (nSPS) is 12.9. The van der Waals surface area contributed by atoms with Gasteiger partial charge in [0.05, 0.1) is 10.8 Å². The smallest absolute Gasteiger partial charge is 0.335 e. The number of carboxylic acids is 1. The van der Waals surface area contributed by atoms with E-state index in [9.17, 15) is 14.4 Å². The van der Waals surface area contributed by atoms with Gasteiger partial charge in [0.25, 0.3) is 0 Å². The summed E-state index contributed by atoms with van der Waals surface area (Å²) in [5.41, 5.74) is 2.24. The molecule has 0 bridgehead atoms. The summed E-state index contributed by atoms with van der Waals surface area (Å²) >= 11 is 0.979. The van der Waals surface area contributed by atoms with Gasteiger partial charge in [0.2, 0.25) is 5.91 Å². The van der Waals surface area contributed by atoms with Gasteiger partial charge in [0.1, 0.15) is 0 Å². The van der Waals surface area contributed by atoms with E-state index in [2.05, 4.69) is 5.32 Å². The van der Waals surface area contributed by atoms with Crippen molar-refractivity contribution >= 4 is 34.4 Å². The lowest BCUT2D eigenvalue weighted by molar-refractivity contribution is -0.116. The minimum absolute atomic E-state index is 0.0952. The van der Waals surface area contributed by atoms with Gasteiger partial charge in [-0.05, 0) is 30.2 Å². The second kappa shape index (κ2) is 8.67. The summed E-state index contributed by atoms with van der Waals surface area (Å²) in [5, 5.41) is 11.2. The summed E-state index contributed by atoms with van der Waals surface area (Å²) in [4.78, 5) is 35.7. The molecule has 0 fully saturated rings. The number of benzene rings is 2. The lowest BCUT2D eigenvalue weighted by Gasteiger charge is -2.23. The van der Waals surface area contributed by atoms with Crippen LogP contribution < -0.4 is 5.32 Å². The first-order valence-electron chi connectivity index (χ1n) is 8.16. The first-order valence-corrected chi connectivity index (χ1v) is 9.04. The third-order valence-electron chi connectivity index (χ3n) is 4.07. The Bertz CT molecular complexity index is 820. The third-order valence-corrected chi connectivity index (χ3v) is 5.28. The number of hydrogen-bond donors (Lipinski definition) is 2. The van der Waals surface area contributed by atoms with Crippen LogP contribution in [0.25, 0.3) is 0 Å². The number of amides is 1. The highest BCUT2D eigenvalue weighted by molar-refractivity contribution is 8.14. The standard InChI is InChI=1S/C20H21NO4S/c1-12-9-10-16(20(24)25)11-17(12)21-19(23)18(26-14(3)22)13(2)15-7-5-4-6-8-15/h4-11,13,18H,1-3H3,(H,21,23)(H,24,25). The van der Waals surface area contributed by atoms with E-state index < -0.39 is 11.2 Å².